The lowest BCUT2D eigenvalue weighted by molar-refractivity contribution is 0.0964. The SMILES string of the molecule is CNC(=O)c1c(-c2ccc(F)cc2)oc2cc(N(C)S(C)=O)c(-c3ccc4c(n3)-c3cc5c(F)cccc5n3CC4F)cc12. The Bertz CT molecular complexity index is 2160. The molecule has 7 rings (SSSR count). The van der Waals surface area contributed by atoms with Crippen LogP contribution in [0.4, 0.5) is 18.9 Å². The first-order chi connectivity index (χ1) is 21.2. The maximum Gasteiger partial charge on any atom is 0.255 e. The van der Waals surface area contributed by atoms with Gasteiger partial charge in [-0.05, 0) is 54.6 Å². The molecule has 1 aliphatic rings. The molecule has 7 nitrogen and oxygen atoms in total. The molecule has 0 spiro atoms. The average Bonchev–Trinajstić information content (AvgIpc) is 3.59. The normalized spacial score (nSPS) is 14.8. The van der Waals surface area contributed by atoms with Gasteiger partial charge in [-0.15, -0.1) is 0 Å². The zero-order chi connectivity index (χ0) is 30.9. The summed E-state index contributed by atoms with van der Waals surface area (Å²) in [6.07, 6.45) is 0.162. The number of benzene rings is 3. The molecule has 1 amide bonds. The third kappa shape index (κ3) is 4.29. The first kappa shape index (κ1) is 27.9. The monoisotopic (exact) mass is 614 g/mol. The molecule has 0 aliphatic carbocycles. The third-order valence-corrected chi connectivity index (χ3v) is 9.08. The second-order valence-corrected chi connectivity index (χ2v) is 12.0. The molecule has 3 aromatic carbocycles. The van der Waals surface area contributed by atoms with Crippen LogP contribution in [0.2, 0.25) is 0 Å². The Balaban J connectivity index is 1.49. The van der Waals surface area contributed by atoms with E-state index in [-0.39, 0.29) is 17.9 Å². The Hall–Kier alpha value is -4.90. The fourth-order valence-electron chi connectivity index (χ4n) is 5.87. The maximum absolute atomic E-state index is 15.5. The van der Waals surface area contributed by atoms with E-state index in [1.807, 2.05) is 0 Å². The van der Waals surface area contributed by atoms with Crippen LogP contribution >= 0.6 is 0 Å². The van der Waals surface area contributed by atoms with Crippen molar-refractivity contribution in [1.29, 1.82) is 0 Å². The van der Waals surface area contributed by atoms with Crippen molar-refractivity contribution in [3.05, 3.63) is 95.6 Å². The maximum atomic E-state index is 15.5. The van der Waals surface area contributed by atoms with E-state index in [1.165, 1.54) is 43.6 Å². The standard InChI is InChI=1S/C33H25F3N4O3S/c1-37-33(41)30-22-13-21(27(39(2)44(3)42)15-29(22)43-32(30)17-7-9-18(34)10-8-17)25-12-11-19-24(36)16-40-26-6-4-5-23(35)20(26)14-28(40)31(19)38-25/h4-15,24H,16H2,1-3H3,(H,37,41). The zero-order valence-electron chi connectivity index (χ0n) is 23.8. The van der Waals surface area contributed by atoms with Gasteiger partial charge in [0.25, 0.3) is 5.91 Å². The number of aromatic nitrogens is 2. The molecule has 0 bridgehead atoms. The van der Waals surface area contributed by atoms with E-state index in [2.05, 4.69) is 5.32 Å². The van der Waals surface area contributed by atoms with Crippen LogP contribution in [-0.2, 0) is 17.5 Å². The van der Waals surface area contributed by atoms with E-state index >= 15 is 4.39 Å². The van der Waals surface area contributed by atoms with Gasteiger partial charge in [-0.25, -0.2) is 22.4 Å². The van der Waals surface area contributed by atoms with Gasteiger partial charge >= 0.3 is 0 Å². The minimum absolute atomic E-state index is 0.0295. The lowest BCUT2D eigenvalue weighted by Gasteiger charge is -2.24. The number of anilines is 1. The summed E-state index contributed by atoms with van der Waals surface area (Å²) < 4.78 is 66.1. The smallest absolute Gasteiger partial charge is 0.255 e. The summed E-state index contributed by atoms with van der Waals surface area (Å²) in [5, 5.41) is 3.48. The van der Waals surface area contributed by atoms with Gasteiger partial charge in [0, 0.05) is 53.9 Å². The average molecular weight is 615 g/mol. The molecular formula is C33H25F3N4O3S. The van der Waals surface area contributed by atoms with Crippen molar-refractivity contribution < 1.29 is 26.6 Å². The fourth-order valence-corrected chi connectivity index (χ4v) is 6.30. The van der Waals surface area contributed by atoms with Gasteiger partial charge in [-0.1, -0.05) is 12.1 Å². The number of amides is 1. The lowest BCUT2D eigenvalue weighted by Crippen LogP contribution is -2.20. The predicted octanol–water partition coefficient (Wildman–Crippen LogP) is 7.18. The number of furan rings is 1. The van der Waals surface area contributed by atoms with Crippen molar-refractivity contribution in [2.24, 2.45) is 0 Å². The third-order valence-electron chi connectivity index (χ3n) is 8.11. The number of rotatable bonds is 5. The Labute approximate surface area is 252 Å². The van der Waals surface area contributed by atoms with Gasteiger partial charge in [-0.2, -0.15) is 0 Å². The van der Waals surface area contributed by atoms with Crippen molar-refractivity contribution in [2.75, 3.05) is 24.7 Å². The second kappa shape index (κ2) is 10.4. The number of hydrogen-bond donors (Lipinski definition) is 1. The molecule has 1 N–H and O–H groups in total. The van der Waals surface area contributed by atoms with Crippen molar-refractivity contribution in [3.63, 3.8) is 0 Å². The summed E-state index contributed by atoms with van der Waals surface area (Å²) in [5.74, 6) is -1.01. The highest BCUT2D eigenvalue weighted by atomic mass is 32.2. The van der Waals surface area contributed by atoms with Crippen LogP contribution in [0.5, 0.6) is 0 Å². The predicted molar refractivity (Wildman–Crippen MR) is 165 cm³/mol. The van der Waals surface area contributed by atoms with Crippen LogP contribution in [0, 0.1) is 11.6 Å². The van der Waals surface area contributed by atoms with Crippen molar-refractivity contribution in [2.45, 2.75) is 12.7 Å². The molecule has 222 valence electrons. The summed E-state index contributed by atoms with van der Waals surface area (Å²) in [6.45, 7) is 0.0295. The summed E-state index contributed by atoms with van der Waals surface area (Å²) in [6, 6.07) is 18.7. The molecule has 11 heteroatoms. The lowest BCUT2D eigenvalue weighted by atomic mass is 9.98. The fraction of sp³-hybridized carbons (Fsp3) is 0.152. The number of hydrogen-bond acceptors (Lipinski definition) is 4. The molecule has 2 atom stereocenters. The number of pyridine rings is 1. The van der Waals surface area contributed by atoms with Crippen molar-refractivity contribution in [3.8, 4) is 34.0 Å². The van der Waals surface area contributed by atoms with E-state index in [9.17, 15) is 17.8 Å². The Morgan fingerprint density at radius 3 is 2.57 bits per heavy atom. The van der Waals surface area contributed by atoms with Gasteiger partial charge < -0.3 is 14.3 Å². The molecule has 0 fully saturated rings. The van der Waals surface area contributed by atoms with Gasteiger partial charge in [0.1, 0.15) is 40.1 Å². The van der Waals surface area contributed by atoms with E-state index in [0.29, 0.717) is 61.3 Å². The summed E-state index contributed by atoms with van der Waals surface area (Å²) in [4.78, 5) is 18.1. The molecule has 3 aromatic heterocycles. The van der Waals surface area contributed by atoms with Gasteiger partial charge in [0.05, 0.1) is 40.4 Å². The summed E-state index contributed by atoms with van der Waals surface area (Å²) >= 11 is 0. The minimum Gasteiger partial charge on any atom is -0.455 e. The molecule has 6 aromatic rings. The molecule has 44 heavy (non-hydrogen) atoms. The molecule has 0 saturated heterocycles. The first-order valence-electron chi connectivity index (χ1n) is 13.8. The molecule has 0 saturated carbocycles. The van der Waals surface area contributed by atoms with Gasteiger partial charge in [0.2, 0.25) is 0 Å². The quantitative estimate of drug-likeness (QED) is 0.223. The van der Waals surface area contributed by atoms with Crippen molar-refractivity contribution >= 4 is 44.5 Å². The van der Waals surface area contributed by atoms with Crippen LogP contribution in [0.25, 0.3) is 55.8 Å². The van der Waals surface area contributed by atoms with Gasteiger partial charge in [0.15, 0.2) is 0 Å². The van der Waals surface area contributed by atoms with Crippen molar-refractivity contribution in [1.82, 2.24) is 14.9 Å². The number of nitrogens with one attached hydrogen (secondary N) is 1. The second-order valence-electron chi connectivity index (χ2n) is 10.6. The largest absolute Gasteiger partial charge is 0.455 e. The zero-order valence-corrected chi connectivity index (χ0v) is 24.6. The van der Waals surface area contributed by atoms with E-state index in [0.717, 1.165) is 0 Å². The van der Waals surface area contributed by atoms with Crippen LogP contribution in [-0.4, -0.2) is 40.0 Å². The first-order valence-corrected chi connectivity index (χ1v) is 15.3. The van der Waals surface area contributed by atoms with E-state index < -0.39 is 34.7 Å². The van der Waals surface area contributed by atoms with Gasteiger partial charge in [-0.3, -0.25) is 9.10 Å². The number of alkyl halides is 1. The summed E-state index contributed by atoms with van der Waals surface area (Å²) in [7, 11) is 1.70. The van der Waals surface area contributed by atoms with Crippen LogP contribution in [0.3, 0.4) is 0 Å². The Kier molecular flexibility index (Phi) is 6.58. The molecule has 0 radical (unpaired) electrons. The number of halogens is 3. The van der Waals surface area contributed by atoms with Crippen LogP contribution in [0.1, 0.15) is 22.1 Å². The van der Waals surface area contributed by atoms with E-state index in [4.69, 9.17) is 9.40 Å². The number of carbonyl (C=O) groups is 1. The molecule has 4 heterocycles. The van der Waals surface area contributed by atoms with E-state index in [1.54, 1.807) is 58.4 Å². The number of nitrogens with zero attached hydrogens (tertiary/aromatic N) is 3. The minimum atomic E-state index is -1.46. The highest BCUT2D eigenvalue weighted by molar-refractivity contribution is 7.85. The molecule has 1 aliphatic heterocycles. The number of fused-ring (bicyclic) bond motifs is 6. The van der Waals surface area contributed by atoms with Crippen LogP contribution < -0.4 is 9.62 Å². The topological polar surface area (TPSA) is 80.4 Å². The Morgan fingerprint density at radius 2 is 1.84 bits per heavy atom. The Morgan fingerprint density at radius 1 is 1.07 bits per heavy atom. The summed E-state index contributed by atoms with van der Waals surface area (Å²) in [5.41, 5.74) is 4.42. The molecular weight excluding hydrogens is 589 g/mol. The highest BCUT2D eigenvalue weighted by Crippen LogP contribution is 2.44. The molecule has 2 unspecified atom stereocenters. The van der Waals surface area contributed by atoms with Crippen LogP contribution in [0.15, 0.2) is 77.2 Å². The number of carbonyl (C=O) groups excluding carboxylic acids is 1. The highest BCUT2D eigenvalue weighted by Gasteiger charge is 2.30.